The van der Waals surface area contributed by atoms with E-state index < -0.39 is 0 Å². The van der Waals surface area contributed by atoms with Crippen molar-refractivity contribution in [1.82, 2.24) is 9.55 Å². The number of hydrogen-bond donors (Lipinski definition) is 0. The first-order valence-corrected chi connectivity index (χ1v) is 7.17. The zero-order chi connectivity index (χ0) is 14.7. The molecule has 0 aliphatic rings. The van der Waals surface area contributed by atoms with Crippen LogP contribution in [0.1, 0.15) is 19.5 Å². The SMILES string of the molecule is CC(C)Oc1ccc(-c2nc(CC#N)c(Br)n2C)cc1. The number of halogens is 1. The summed E-state index contributed by atoms with van der Waals surface area (Å²) in [6, 6.07) is 9.94. The average molecular weight is 334 g/mol. The van der Waals surface area contributed by atoms with E-state index in [1.807, 2.05) is 49.7 Å². The zero-order valence-electron chi connectivity index (χ0n) is 11.7. The Hall–Kier alpha value is -1.80. The van der Waals surface area contributed by atoms with Crippen molar-refractivity contribution in [2.24, 2.45) is 7.05 Å². The monoisotopic (exact) mass is 333 g/mol. The van der Waals surface area contributed by atoms with E-state index in [9.17, 15) is 0 Å². The minimum absolute atomic E-state index is 0.158. The van der Waals surface area contributed by atoms with Crippen LogP contribution < -0.4 is 4.74 Å². The second-order valence-corrected chi connectivity index (χ2v) is 5.51. The Kier molecular flexibility index (Phi) is 4.46. The Morgan fingerprint density at radius 2 is 2.00 bits per heavy atom. The summed E-state index contributed by atoms with van der Waals surface area (Å²) in [6.45, 7) is 4.00. The summed E-state index contributed by atoms with van der Waals surface area (Å²) >= 11 is 3.47. The van der Waals surface area contributed by atoms with Crippen LogP contribution in [0.15, 0.2) is 28.9 Å². The fraction of sp³-hybridized carbons (Fsp3) is 0.333. The third-order valence-electron chi connectivity index (χ3n) is 2.82. The number of nitrogens with zero attached hydrogens (tertiary/aromatic N) is 3. The summed E-state index contributed by atoms with van der Waals surface area (Å²) in [6.07, 6.45) is 0.452. The third-order valence-corrected chi connectivity index (χ3v) is 3.81. The quantitative estimate of drug-likeness (QED) is 0.857. The molecule has 2 aromatic rings. The number of imidazole rings is 1. The fourth-order valence-corrected chi connectivity index (χ4v) is 2.33. The van der Waals surface area contributed by atoms with Crippen LogP contribution in [-0.4, -0.2) is 15.7 Å². The Bertz CT molecular complexity index is 638. The predicted octanol–water partition coefficient (Wildman–Crippen LogP) is 3.70. The molecule has 1 heterocycles. The molecule has 0 bridgehead atoms. The summed E-state index contributed by atoms with van der Waals surface area (Å²) in [5.74, 6) is 1.67. The van der Waals surface area contributed by atoms with Crippen molar-refractivity contribution >= 4 is 15.9 Å². The minimum Gasteiger partial charge on any atom is -0.491 e. The summed E-state index contributed by atoms with van der Waals surface area (Å²) in [5, 5.41) is 8.80. The zero-order valence-corrected chi connectivity index (χ0v) is 13.3. The van der Waals surface area contributed by atoms with Crippen LogP contribution in [0.4, 0.5) is 0 Å². The van der Waals surface area contributed by atoms with Crippen molar-refractivity contribution in [1.29, 1.82) is 5.26 Å². The van der Waals surface area contributed by atoms with E-state index in [0.717, 1.165) is 27.4 Å². The highest BCUT2D eigenvalue weighted by molar-refractivity contribution is 9.10. The van der Waals surface area contributed by atoms with Gasteiger partial charge in [0.05, 0.1) is 24.3 Å². The summed E-state index contributed by atoms with van der Waals surface area (Å²) in [7, 11) is 1.92. The lowest BCUT2D eigenvalue weighted by molar-refractivity contribution is 0.242. The van der Waals surface area contributed by atoms with Gasteiger partial charge < -0.3 is 9.30 Å². The van der Waals surface area contributed by atoms with Gasteiger partial charge in [-0.3, -0.25) is 0 Å². The van der Waals surface area contributed by atoms with Crippen LogP contribution in [0.3, 0.4) is 0 Å². The summed E-state index contributed by atoms with van der Waals surface area (Å²) in [5.41, 5.74) is 1.75. The summed E-state index contributed by atoms with van der Waals surface area (Å²) in [4.78, 5) is 4.51. The van der Waals surface area contributed by atoms with Crippen molar-refractivity contribution in [2.75, 3.05) is 0 Å². The van der Waals surface area contributed by atoms with Crippen molar-refractivity contribution in [3.05, 3.63) is 34.6 Å². The molecule has 0 spiro atoms. The van der Waals surface area contributed by atoms with E-state index in [1.165, 1.54) is 0 Å². The maximum absolute atomic E-state index is 8.80. The van der Waals surface area contributed by atoms with Crippen molar-refractivity contribution < 1.29 is 4.74 Å². The molecule has 4 nitrogen and oxygen atoms in total. The first-order chi connectivity index (χ1) is 9.52. The van der Waals surface area contributed by atoms with E-state index in [4.69, 9.17) is 10.00 Å². The number of hydrogen-bond acceptors (Lipinski definition) is 3. The third kappa shape index (κ3) is 3.02. The standard InChI is InChI=1S/C15H16BrN3O/c1-10(2)20-12-6-4-11(5-7-12)15-18-13(8-9-17)14(16)19(15)3/h4-7,10H,8H2,1-3H3. The molecule has 1 aromatic carbocycles. The lowest BCUT2D eigenvalue weighted by atomic mass is 10.2. The molecule has 2 rings (SSSR count). The Labute approximate surface area is 127 Å². The lowest BCUT2D eigenvalue weighted by Crippen LogP contribution is -2.05. The van der Waals surface area contributed by atoms with Crippen LogP contribution in [0.5, 0.6) is 5.75 Å². The number of benzene rings is 1. The van der Waals surface area contributed by atoms with E-state index in [2.05, 4.69) is 27.0 Å². The molecule has 5 heteroatoms. The molecule has 0 aliphatic heterocycles. The molecular formula is C15H16BrN3O. The number of ether oxygens (including phenoxy) is 1. The molecule has 0 atom stereocenters. The van der Waals surface area contributed by atoms with Gasteiger partial charge in [-0.2, -0.15) is 5.26 Å². The fourth-order valence-electron chi connectivity index (χ4n) is 1.94. The molecule has 0 fully saturated rings. The molecule has 0 N–H and O–H groups in total. The van der Waals surface area contributed by atoms with Gasteiger partial charge >= 0.3 is 0 Å². The van der Waals surface area contributed by atoms with Crippen molar-refractivity contribution in [2.45, 2.75) is 26.4 Å². The smallest absolute Gasteiger partial charge is 0.140 e. The van der Waals surface area contributed by atoms with Crippen molar-refractivity contribution in [3.8, 4) is 23.2 Å². The number of rotatable bonds is 4. The van der Waals surface area contributed by atoms with Gasteiger partial charge in [0.15, 0.2) is 0 Å². The predicted molar refractivity (Wildman–Crippen MR) is 81.4 cm³/mol. The van der Waals surface area contributed by atoms with E-state index in [1.54, 1.807) is 0 Å². The van der Waals surface area contributed by atoms with Gasteiger partial charge in [0.25, 0.3) is 0 Å². The molecule has 0 saturated carbocycles. The van der Waals surface area contributed by atoms with Gasteiger partial charge in [0.2, 0.25) is 0 Å². The van der Waals surface area contributed by atoms with Crippen LogP contribution in [0.2, 0.25) is 0 Å². The van der Waals surface area contributed by atoms with Crippen molar-refractivity contribution in [3.63, 3.8) is 0 Å². The molecule has 20 heavy (non-hydrogen) atoms. The highest BCUT2D eigenvalue weighted by Gasteiger charge is 2.13. The molecule has 0 unspecified atom stereocenters. The highest BCUT2D eigenvalue weighted by atomic mass is 79.9. The molecule has 1 aromatic heterocycles. The number of aromatic nitrogens is 2. The maximum atomic E-state index is 8.80. The van der Waals surface area contributed by atoms with E-state index >= 15 is 0 Å². The second kappa shape index (κ2) is 6.10. The Balaban J connectivity index is 2.32. The van der Waals surface area contributed by atoms with Gasteiger partial charge in [0, 0.05) is 12.6 Å². The molecule has 104 valence electrons. The van der Waals surface area contributed by atoms with E-state index in [-0.39, 0.29) is 6.10 Å². The highest BCUT2D eigenvalue weighted by Crippen LogP contribution is 2.27. The van der Waals surface area contributed by atoms with Crippen LogP contribution in [-0.2, 0) is 13.5 Å². The summed E-state index contributed by atoms with van der Waals surface area (Å²) < 4.78 is 8.40. The Morgan fingerprint density at radius 3 is 2.55 bits per heavy atom. The van der Waals surface area contributed by atoms with Gasteiger partial charge in [-0.05, 0) is 54.0 Å². The second-order valence-electron chi connectivity index (χ2n) is 4.76. The first-order valence-electron chi connectivity index (χ1n) is 6.38. The topological polar surface area (TPSA) is 50.8 Å². The number of nitriles is 1. The average Bonchev–Trinajstić information content (AvgIpc) is 2.68. The maximum Gasteiger partial charge on any atom is 0.140 e. The molecule has 0 radical (unpaired) electrons. The van der Waals surface area contributed by atoms with Gasteiger partial charge in [-0.1, -0.05) is 0 Å². The largest absolute Gasteiger partial charge is 0.491 e. The minimum atomic E-state index is 0.158. The molecular weight excluding hydrogens is 318 g/mol. The molecule has 0 saturated heterocycles. The van der Waals surface area contributed by atoms with Gasteiger partial charge in [0.1, 0.15) is 16.2 Å². The van der Waals surface area contributed by atoms with Gasteiger partial charge in [-0.25, -0.2) is 4.98 Å². The Morgan fingerprint density at radius 1 is 1.35 bits per heavy atom. The first kappa shape index (κ1) is 14.6. The lowest BCUT2D eigenvalue weighted by Gasteiger charge is -2.10. The van der Waals surface area contributed by atoms with Crippen LogP contribution in [0, 0.1) is 11.3 Å². The van der Waals surface area contributed by atoms with Crippen LogP contribution >= 0.6 is 15.9 Å². The van der Waals surface area contributed by atoms with Gasteiger partial charge in [-0.15, -0.1) is 0 Å². The van der Waals surface area contributed by atoms with E-state index in [0.29, 0.717) is 6.42 Å². The molecule has 0 aliphatic carbocycles. The molecule has 0 amide bonds. The van der Waals surface area contributed by atoms with Crippen LogP contribution in [0.25, 0.3) is 11.4 Å². The normalized spacial score (nSPS) is 10.6.